The molecule has 0 atom stereocenters. The van der Waals surface area contributed by atoms with Gasteiger partial charge in [0, 0.05) is 0 Å². The molecule has 0 bridgehead atoms. The van der Waals surface area contributed by atoms with Crippen molar-refractivity contribution >= 4 is 11.6 Å². The summed E-state index contributed by atoms with van der Waals surface area (Å²) < 4.78 is 0. The molecular formula is C2H5N6O4+. The van der Waals surface area contributed by atoms with E-state index in [1.54, 1.807) is 0 Å². The maximum atomic E-state index is 10.1. The lowest BCUT2D eigenvalue weighted by Gasteiger charge is -1.83. The molecule has 12 heavy (non-hydrogen) atoms. The maximum absolute atomic E-state index is 10.1. The Balaban J connectivity index is 0.00000121. The Morgan fingerprint density at radius 3 is 2.42 bits per heavy atom. The fourth-order valence-corrected chi connectivity index (χ4v) is 0.468. The highest BCUT2D eigenvalue weighted by atomic mass is 16.6. The third kappa shape index (κ3) is 1.49. The van der Waals surface area contributed by atoms with E-state index in [4.69, 9.17) is 5.21 Å². The Bertz CT molecular complexity index is 276. The van der Waals surface area contributed by atoms with Crippen molar-refractivity contribution in [1.29, 1.82) is 0 Å². The third-order valence-corrected chi connectivity index (χ3v) is 0.876. The molecule has 0 radical (unpaired) electrons. The van der Waals surface area contributed by atoms with Crippen LogP contribution in [-0.2, 0) is 0 Å². The molecule has 10 nitrogen and oxygen atoms in total. The first-order valence-corrected chi connectivity index (χ1v) is 2.34. The standard InChI is InChI=1S/C2H2N5O4.H3N/c8-6(9)1-2(7(10)11)4-5-3-1;/h(H,8,9)(H,3,4,5);1H3/q+1;. The van der Waals surface area contributed by atoms with Gasteiger partial charge in [0.25, 0.3) is 0 Å². The van der Waals surface area contributed by atoms with Crippen LogP contribution in [0.5, 0.6) is 0 Å². The van der Waals surface area contributed by atoms with Crippen LogP contribution in [0.1, 0.15) is 0 Å². The van der Waals surface area contributed by atoms with E-state index in [1.807, 2.05) is 5.10 Å². The van der Waals surface area contributed by atoms with Gasteiger partial charge in [-0.25, -0.2) is 0 Å². The zero-order valence-corrected chi connectivity index (χ0v) is 5.67. The van der Waals surface area contributed by atoms with E-state index in [1.165, 1.54) is 0 Å². The number of nitrogens with zero attached hydrogens (tertiary/aromatic N) is 4. The van der Waals surface area contributed by atoms with Gasteiger partial charge in [0.1, 0.15) is 10.3 Å². The van der Waals surface area contributed by atoms with E-state index in [-0.39, 0.29) is 6.15 Å². The first-order valence-electron chi connectivity index (χ1n) is 2.34. The fourth-order valence-electron chi connectivity index (χ4n) is 0.468. The zero-order valence-electron chi connectivity index (χ0n) is 5.67. The molecule has 5 N–H and O–H groups in total. The second-order valence-electron chi connectivity index (χ2n) is 1.51. The Hall–Kier alpha value is -2.10. The number of aromatic nitrogens is 3. The van der Waals surface area contributed by atoms with Crippen LogP contribution in [0, 0.1) is 15.0 Å². The van der Waals surface area contributed by atoms with Crippen LogP contribution in [-0.4, -0.2) is 30.5 Å². The lowest BCUT2D eigenvalue weighted by molar-refractivity contribution is -0.733. The molecule has 0 fully saturated rings. The van der Waals surface area contributed by atoms with Gasteiger partial charge in [0.15, 0.2) is 4.92 Å². The summed E-state index contributed by atoms with van der Waals surface area (Å²) in [7, 11) is 0. The van der Waals surface area contributed by atoms with Gasteiger partial charge < -0.3 is 21.5 Å². The third-order valence-electron chi connectivity index (χ3n) is 0.876. The van der Waals surface area contributed by atoms with E-state index < -0.39 is 21.5 Å². The normalized spacial score (nSPS) is 8.67. The molecule has 10 heteroatoms. The van der Waals surface area contributed by atoms with Gasteiger partial charge in [-0.15, -0.1) is 0 Å². The van der Waals surface area contributed by atoms with Gasteiger partial charge >= 0.3 is 11.6 Å². The summed E-state index contributed by atoms with van der Waals surface area (Å²) in [6.07, 6.45) is 0. The minimum absolute atomic E-state index is 0. The number of H-pyrrole nitrogens is 1. The Kier molecular flexibility index (Phi) is 2.75. The van der Waals surface area contributed by atoms with Crippen molar-refractivity contribution < 1.29 is 15.1 Å². The van der Waals surface area contributed by atoms with Gasteiger partial charge in [0.2, 0.25) is 0 Å². The number of rotatable bonds is 2. The zero-order chi connectivity index (χ0) is 8.43. The largest absolute Gasteiger partial charge is 0.531 e. The molecule has 1 heterocycles. The van der Waals surface area contributed by atoms with Gasteiger partial charge in [0.05, 0.1) is 0 Å². The molecule has 0 unspecified atom stereocenters. The molecule has 0 aromatic carbocycles. The van der Waals surface area contributed by atoms with Crippen LogP contribution in [0.25, 0.3) is 0 Å². The van der Waals surface area contributed by atoms with E-state index >= 15 is 0 Å². The number of nitro groups is 1. The smallest absolute Gasteiger partial charge is 0.358 e. The molecule has 0 saturated carbocycles. The second kappa shape index (κ2) is 3.34. The molecule has 0 aliphatic rings. The highest BCUT2D eigenvalue weighted by Crippen LogP contribution is 2.17. The Labute approximate surface area is 64.5 Å². The number of aromatic amines is 1. The molecule has 0 aliphatic heterocycles. The summed E-state index contributed by atoms with van der Waals surface area (Å²) in [4.78, 5) is 18.4. The molecule has 1 aromatic rings. The van der Waals surface area contributed by atoms with Crippen molar-refractivity contribution in [1.82, 2.24) is 21.6 Å². The van der Waals surface area contributed by atoms with Gasteiger partial charge in [-0.3, -0.25) is 0 Å². The SMILES string of the molecule is N.O=[N+]([O-])c1[nH]nnc1[N+](=O)O. The summed E-state index contributed by atoms with van der Waals surface area (Å²) >= 11 is 0. The van der Waals surface area contributed by atoms with Gasteiger partial charge in [-0.05, 0) is 9.83 Å². The van der Waals surface area contributed by atoms with Crippen molar-refractivity contribution in [3.05, 3.63) is 15.0 Å². The first-order chi connectivity index (χ1) is 5.13. The van der Waals surface area contributed by atoms with Crippen molar-refractivity contribution in [3.8, 4) is 0 Å². The van der Waals surface area contributed by atoms with Crippen molar-refractivity contribution in [3.63, 3.8) is 0 Å². The van der Waals surface area contributed by atoms with E-state index in [0.29, 0.717) is 0 Å². The molecule has 66 valence electrons. The minimum Gasteiger partial charge on any atom is -0.358 e. The fraction of sp³-hybridized carbons (Fsp3) is 0. The van der Waals surface area contributed by atoms with E-state index in [2.05, 4.69) is 10.3 Å². The van der Waals surface area contributed by atoms with Crippen LogP contribution in [0.2, 0.25) is 0 Å². The summed E-state index contributed by atoms with van der Waals surface area (Å²) in [6.45, 7) is 0. The van der Waals surface area contributed by atoms with Crippen molar-refractivity contribution in [2.24, 2.45) is 0 Å². The van der Waals surface area contributed by atoms with Crippen molar-refractivity contribution in [2.45, 2.75) is 0 Å². The van der Waals surface area contributed by atoms with Crippen molar-refractivity contribution in [2.75, 3.05) is 0 Å². The highest BCUT2D eigenvalue weighted by Gasteiger charge is 2.32. The maximum Gasteiger partial charge on any atom is 0.531 e. The van der Waals surface area contributed by atoms with Crippen LogP contribution >= 0.6 is 0 Å². The summed E-state index contributed by atoms with van der Waals surface area (Å²) in [6, 6.07) is 0. The quantitative estimate of drug-likeness (QED) is 0.411. The summed E-state index contributed by atoms with van der Waals surface area (Å²) in [5, 5.41) is 25.9. The van der Waals surface area contributed by atoms with E-state index in [9.17, 15) is 15.0 Å². The topological polar surface area (TPSA) is 160 Å². The second-order valence-corrected chi connectivity index (χ2v) is 1.51. The minimum atomic E-state index is -0.920. The predicted octanol–water partition coefficient (Wildman–Crippen LogP) is -0.326. The summed E-state index contributed by atoms with van der Waals surface area (Å²) in [5.41, 5.74) is 0. The molecule has 0 saturated heterocycles. The van der Waals surface area contributed by atoms with E-state index in [0.717, 1.165) is 0 Å². The summed E-state index contributed by atoms with van der Waals surface area (Å²) in [5.74, 6) is -1.52. The average molecular weight is 177 g/mol. The molecular weight excluding hydrogens is 172 g/mol. The number of nitrogens with one attached hydrogen (secondary N) is 1. The van der Waals surface area contributed by atoms with Crippen LogP contribution in [0.15, 0.2) is 0 Å². The Morgan fingerprint density at radius 1 is 1.50 bits per heavy atom. The average Bonchev–Trinajstić information content (AvgIpc) is 2.32. The van der Waals surface area contributed by atoms with Crippen LogP contribution in [0.4, 0.5) is 11.6 Å². The monoisotopic (exact) mass is 177 g/mol. The molecule has 0 amide bonds. The highest BCUT2D eigenvalue weighted by molar-refractivity contribution is 5.35. The molecule has 1 aromatic heterocycles. The van der Waals surface area contributed by atoms with Crippen LogP contribution in [0.3, 0.4) is 0 Å². The predicted molar refractivity (Wildman–Crippen MR) is 33.1 cm³/mol. The number of hydrogen-bond donors (Lipinski definition) is 3. The van der Waals surface area contributed by atoms with Gasteiger partial charge in [-0.1, -0.05) is 5.10 Å². The molecule has 0 spiro atoms. The van der Waals surface area contributed by atoms with Crippen LogP contribution < -0.4 is 6.15 Å². The lowest BCUT2D eigenvalue weighted by Crippen LogP contribution is -1.97. The van der Waals surface area contributed by atoms with Gasteiger partial charge in [-0.2, -0.15) is 0 Å². The Morgan fingerprint density at radius 2 is 2.08 bits per heavy atom. The number of hydrogen-bond acceptors (Lipinski definition) is 6. The lowest BCUT2D eigenvalue weighted by atomic mass is 10.7. The molecule has 1 rings (SSSR count). The first kappa shape index (κ1) is 9.90. The molecule has 0 aliphatic carbocycles.